The van der Waals surface area contributed by atoms with E-state index in [-0.39, 0.29) is 5.56 Å². The van der Waals surface area contributed by atoms with Crippen LogP contribution in [-0.4, -0.2) is 22.2 Å². The first-order valence-electron chi connectivity index (χ1n) is 17.0. The van der Waals surface area contributed by atoms with Crippen LogP contribution in [0.4, 0.5) is 0 Å². The van der Waals surface area contributed by atoms with Crippen molar-refractivity contribution in [3.63, 3.8) is 0 Å². The molecule has 0 aliphatic heterocycles. The monoisotopic (exact) mass is 640 g/mol. The van der Waals surface area contributed by atoms with Gasteiger partial charge < -0.3 is 10.2 Å². The zero-order chi connectivity index (χ0) is 32.6. The van der Waals surface area contributed by atoms with Gasteiger partial charge in [-0.1, -0.05) is 42.5 Å². The largest absolute Gasteiger partial charge is 0.478 e. The number of benzene rings is 3. The van der Waals surface area contributed by atoms with E-state index in [0.717, 1.165) is 21.6 Å². The summed E-state index contributed by atoms with van der Waals surface area (Å²) in [7, 11) is 0. The third-order valence-electron chi connectivity index (χ3n) is 11.7. The number of rotatable bonds is 8. The first-order valence-corrected chi connectivity index (χ1v) is 17.8. The Balaban J connectivity index is 1.30. The standard InChI is InChI=1S/C42H40O4S/c1-22-14-35-27-8-10-29(17-27)37(35)20-32(22)24(3)34(39-12-13-40(47-39)42(45)46)19-31(16-25-4-6-26(7-5-25)41(43)44)33-21-38-30-11-9-28(18-30)36(38)15-23(33)2/h4-7,12-16,20-21,27-30H,8-11,17-19H2,1-3H3,(H,43,44)(H,45,46)/b31-16+,34-24-. The first kappa shape index (κ1) is 30.1. The molecule has 4 bridgehead atoms. The number of thiophene rings is 1. The van der Waals surface area contributed by atoms with Gasteiger partial charge in [-0.25, -0.2) is 9.59 Å². The van der Waals surface area contributed by atoms with Crippen LogP contribution in [0.3, 0.4) is 0 Å². The lowest BCUT2D eigenvalue weighted by Crippen LogP contribution is -2.03. The van der Waals surface area contributed by atoms with Crippen molar-refractivity contribution >= 4 is 46.1 Å². The number of carbonyl (C=O) groups is 2. The molecule has 0 radical (unpaired) electrons. The van der Waals surface area contributed by atoms with Gasteiger partial charge in [0, 0.05) is 4.88 Å². The number of hydrogen-bond donors (Lipinski definition) is 2. The fourth-order valence-corrected chi connectivity index (χ4v) is 10.2. The summed E-state index contributed by atoms with van der Waals surface area (Å²) < 4.78 is 0. The van der Waals surface area contributed by atoms with Crippen molar-refractivity contribution in [2.75, 3.05) is 0 Å². The third kappa shape index (κ3) is 5.20. The van der Waals surface area contributed by atoms with Gasteiger partial charge in [-0.2, -0.15) is 0 Å². The number of carboxylic acid groups (broad SMARTS) is 2. The molecule has 4 nitrogen and oxygen atoms in total. The molecule has 0 saturated heterocycles. The van der Waals surface area contributed by atoms with Crippen molar-refractivity contribution in [3.05, 3.63) is 126 Å². The Labute approximate surface area is 280 Å². The van der Waals surface area contributed by atoms with Gasteiger partial charge in [0.05, 0.1) is 5.56 Å². The minimum Gasteiger partial charge on any atom is -0.478 e. The van der Waals surface area contributed by atoms with Crippen molar-refractivity contribution in [1.29, 1.82) is 0 Å². The van der Waals surface area contributed by atoms with Crippen LogP contribution in [0.25, 0.3) is 22.8 Å². The Morgan fingerprint density at radius 1 is 0.702 bits per heavy atom. The van der Waals surface area contributed by atoms with Gasteiger partial charge in [0.25, 0.3) is 0 Å². The van der Waals surface area contributed by atoms with E-state index in [1.54, 1.807) is 18.2 Å². The summed E-state index contributed by atoms with van der Waals surface area (Å²) in [4.78, 5) is 25.0. The highest BCUT2D eigenvalue weighted by Crippen LogP contribution is 2.55. The molecule has 2 N–H and O–H groups in total. The fourth-order valence-electron chi connectivity index (χ4n) is 9.27. The maximum atomic E-state index is 12.0. The van der Waals surface area contributed by atoms with Crippen LogP contribution in [0.15, 0.2) is 60.7 Å². The van der Waals surface area contributed by atoms with E-state index in [2.05, 4.69) is 51.1 Å². The molecule has 2 saturated carbocycles. The lowest BCUT2D eigenvalue weighted by Gasteiger charge is -2.23. The molecule has 5 heteroatoms. The molecule has 4 unspecified atom stereocenters. The number of hydrogen-bond acceptors (Lipinski definition) is 3. The summed E-state index contributed by atoms with van der Waals surface area (Å²) in [5.41, 5.74) is 15.8. The first-order chi connectivity index (χ1) is 22.6. The molecule has 4 aliphatic carbocycles. The normalized spacial score (nSPS) is 22.7. The zero-order valence-corrected chi connectivity index (χ0v) is 28.0. The second kappa shape index (κ2) is 11.5. The smallest absolute Gasteiger partial charge is 0.345 e. The molecule has 0 spiro atoms. The summed E-state index contributed by atoms with van der Waals surface area (Å²) in [6.07, 6.45) is 10.5. The van der Waals surface area contributed by atoms with Crippen molar-refractivity contribution < 1.29 is 19.8 Å². The summed E-state index contributed by atoms with van der Waals surface area (Å²) in [6.45, 7) is 6.65. The lowest BCUT2D eigenvalue weighted by molar-refractivity contribution is 0.0688. The highest BCUT2D eigenvalue weighted by atomic mass is 32.1. The minimum atomic E-state index is -0.934. The molecule has 8 rings (SSSR count). The molecule has 4 aromatic rings. The summed E-state index contributed by atoms with van der Waals surface area (Å²) in [6, 6.07) is 20.5. The average molecular weight is 641 g/mol. The van der Waals surface area contributed by atoms with Gasteiger partial charge in [-0.05, 0) is 180 Å². The van der Waals surface area contributed by atoms with E-state index in [1.807, 2.05) is 18.2 Å². The SMILES string of the molecule is C/C(=C(\C/C(=C\c1ccc(C(=O)O)cc1)c1cc2c(cc1C)C1CCC2C1)c1ccc(C(=O)O)s1)c1cc2c(cc1C)C1CCC2C1. The number of carboxylic acids is 2. The Morgan fingerprint density at radius 2 is 1.21 bits per heavy atom. The van der Waals surface area contributed by atoms with Crippen LogP contribution in [0, 0.1) is 13.8 Å². The molecule has 1 aromatic heterocycles. The molecule has 0 amide bonds. The van der Waals surface area contributed by atoms with Crippen molar-refractivity contribution in [3.8, 4) is 0 Å². The summed E-state index contributed by atoms with van der Waals surface area (Å²) in [5.74, 6) is 0.816. The summed E-state index contributed by atoms with van der Waals surface area (Å²) >= 11 is 1.35. The van der Waals surface area contributed by atoms with E-state index in [9.17, 15) is 19.8 Å². The number of aromatic carboxylic acids is 2. The lowest BCUT2D eigenvalue weighted by atomic mass is 9.82. The Bertz CT molecular complexity index is 2020. The Hall–Kier alpha value is -4.22. The topological polar surface area (TPSA) is 74.6 Å². The molecule has 47 heavy (non-hydrogen) atoms. The van der Waals surface area contributed by atoms with Gasteiger partial charge in [-0.15, -0.1) is 11.3 Å². The molecule has 238 valence electrons. The molecule has 3 aromatic carbocycles. The minimum absolute atomic E-state index is 0.269. The predicted octanol–water partition coefficient (Wildman–Crippen LogP) is 11.1. The summed E-state index contributed by atoms with van der Waals surface area (Å²) in [5, 5.41) is 19.4. The van der Waals surface area contributed by atoms with Gasteiger partial charge in [-0.3, -0.25) is 0 Å². The molecule has 1 heterocycles. The Morgan fingerprint density at radius 3 is 1.74 bits per heavy atom. The van der Waals surface area contributed by atoms with E-state index >= 15 is 0 Å². The highest BCUT2D eigenvalue weighted by Gasteiger charge is 2.38. The fraction of sp³-hybridized carbons (Fsp3) is 0.333. The maximum Gasteiger partial charge on any atom is 0.345 e. The van der Waals surface area contributed by atoms with Gasteiger partial charge in [0.15, 0.2) is 0 Å². The number of fused-ring (bicyclic) bond motifs is 10. The van der Waals surface area contributed by atoms with Crippen LogP contribution in [0.2, 0.25) is 0 Å². The van der Waals surface area contributed by atoms with E-state index in [4.69, 9.17) is 0 Å². The molecule has 2 fully saturated rings. The van der Waals surface area contributed by atoms with Gasteiger partial charge >= 0.3 is 11.9 Å². The van der Waals surface area contributed by atoms with Crippen LogP contribution in [0.1, 0.15) is 151 Å². The maximum absolute atomic E-state index is 12.0. The van der Waals surface area contributed by atoms with E-state index < -0.39 is 11.9 Å². The van der Waals surface area contributed by atoms with Crippen LogP contribution in [0.5, 0.6) is 0 Å². The van der Waals surface area contributed by atoms with E-state index in [0.29, 0.717) is 35.0 Å². The molecule has 4 atom stereocenters. The third-order valence-corrected chi connectivity index (χ3v) is 12.8. The second-order valence-corrected chi connectivity index (χ2v) is 15.4. The zero-order valence-electron chi connectivity index (χ0n) is 27.2. The van der Waals surface area contributed by atoms with Crippen molar-refractivity contribution in [2.45, 2.75) is 89.4 Å². The highest BCUT2D eigenvalue weighted by molar-refractivity contribution is 7.15. The molecular weight excluding hydrogens is 601 g/mol. The van der Waals surface area contributed by atoms with Crippen molar-refractivity contribution in [1.82, 2.24) is 0 Å². The van der Waals surface area contributed by atoms with Gasteiger partial charge in [0.2, 0.25) is 0 Å². The Kier molecular flexibility index (Phi) is 7.36. The molecular formula is C42H40O4S. The predicted molar refractivity (Wildman–Crippen MR) is 191 cm³/mol. The number of aryl methyl sites for hydroxylation is 2. The van der Waals surface area contributed by atoms with Crippen LogP contribution >= 0.6 is 11.3 Å². The van der Waals surface area contributed by atoms with Gasteiger partial charge in [0.1, 0.15) is 4.88 Å². The second-order valence-electron chi connectivity index (χ2n) is 14.4. The van der Waals surface area contributed by atoms with Crippen LogP contribution < -0.4 is 0 Å². The number of allylic oxidation sites excluding steroid dienone is 3. The van der Waals surface area contributed by atoms with Crippen molar-refractivity contribution in [2.24, 2.45) is 0 Å². The van der Waals surface area contributed by atoms with E-state index in [1.165, 1.54) is 99.9 Å². The molecule has 4 aliphatic rings. The van der Waals surface area contributed by atoms with Crippen LogP contribution in [-0.2, 0) is 0 Å². The quantitative estimate of drug-likeness (QED) is 0.188. The average Bonchev–Trinajstić information content (AvgIpc) is 3.90.